The number of carbonyl (C=O) groups is 2. The van der Waals surface area contributed by atoms with Crippen LogP contribution in [0, 0.1) is 0 Å². The van der Waals surface area contributed by atoms with Crippen molar-refractivity contribution in [1.82, 2.24) is 4.90 Å². The zero-order valence-electron chi connectivity index (χ0n) is 13.5. The third kappa shape index (κ3) is 3.15. The second kappa shape index (κ2) is 6.04. The molecule has 1 aromatic carbocycles. The molecule has 0 bridgehead atoms. The summed E-state index contributed by atoms with van der Waals surface area (Å²) in [5.41, 5.74) is -0.435. The van der Waals surface area contributed by atoms with E-state index >= 15 is 0 Å². The summed E-state index contributed by atoms with van der Waals surface area (Å²) in [7, 11) is 0. The van der Waals surface area contributed by atoms with Gasteiger partial charge in [-0.2, -0.15) is 0 Å². The lowest BCUT2D eigenvalue weighted by atomic mass is 10.0. The van der Waals surface area contributed by atoms with E-state index in [2.05, 4.69) is 0 Å². The molecule has 0 radical (unpaired) electrons. The van der Waals surface area contributed by atoms with E-state index in [1.54, 1.807) is 32.0 Å². The number of anilines is 1. The molecule has 1 fully saturated rings. The number of hydrogen-bond acceptors (Lipinski definition) is 3. The summed E-state index contributed by atoms with van der Waals surface area (Å²) in [5, 5.41) is 0.510. The van der Waals surface area contributed by atoms with Crippen LogP contribution in [0.5, 0.6) is 5.75 Å². The molecule has 1 aromatic rings. The smallest absolute Gasteiger partial charge is 0.271 e. The number of fused-ring (bicyclic) bond motifs is 1. The van der Waals surface area contributed by atoms with Crippen LogP contribution < -0.4 is 9.64 Å². The van der Waals surface area contributed by atoms with Gasteiger partial charge in [-0.05, 0) is 51.3 Å². The van der Waals surface area contributed by atoms with Crippen LogP contribution >= 0.6 is 11.6 Å². The van der Waals surface area contributed by atoms with Crippen LogP contribution in [0.15, 0.2) is 18.2 Å². The van der Waals surface area contributed by atoms with E-state index in [4.69, 9.17) is 16.3 Å². The van der Waals surface area contributed by atoms with Gasteiger partial charge in [-0.15, -0.1) is 0 Å². The lowest BCUT2D eigenvalue weighted by Gasteiger charge is -2.39. The van der Waals surface area contributed by atoms with Crippen molar-refractivity contribution in [2.24, 2.45) is 0 Å². The predicted molar refractivity (Wildman–Crippen MR) is 88.9 cm³/mol. The molecule has 2 heterocycles. The van der Waals surface area contributed by atoms with Crippen LogP contribution in [-0.2, 0) is 9.59 Å². The van der Waals surface area contributed by atoms with Gasteiger partial charge >= 0.3 is 0 Å². The van der Waals surface area contributed by atoms with Gasteiger partial charge in [0.1, 0.15) is 12.3 Å². The fourth-order valence-electron chi connectivity index (χ4n) is 3.08. The molecule has 0 aliphatic carbocycles. The molecule has 124 valence electrons. The highest BCUT2D eigenvalue weighted by atomic mass is 35.5. The average Bonchev–Trinajstić information content (AvgIpc) is 2.53. The summed E-state index contributed by atoms with van der Waals surface area (Å²) in [4.78, 5) is 28.6. The maximum Gasteiger partial charge on any atom is 0.271 e. The summed E-state index contributed by atoms with van der Waals surface area (Å²) in [6, 6.07) is 5.13. The van der Waals surface area contributed by atoms with E-state index in [1.165, 1.54) is 4.90 Å². The normalized spacial score (nSPS) is 20.0. The molecule has 0 spiro atoms. The summed E-state index contributed by atoms with van der Waals surface area (Å²) in [6.45, 7) is 4.99. The second-order valence-corrected chi connectivity index (χ2v) is 6.99. The number of hydrogen-bond donors (Lipinski definition) is 0. The van der Waals surface area contributed by atoms with Gasteiger partial charge < -0.3 is 9.64 Å². The minimum Gasteiger partial charge on any atom is -0.476 e. The molecule has 0 aromatic heterocycles. The van der Waals surface area contributed by atoms with Gasteiger partial charge in [-0.3, -0.25) is 14.5 Å². The monoisotopic (exact) mass is 336 g/mol. The predicted octanol–water partition coefficient (Wildman–Crippen LogP) is 2.86. The molecule has 2 amide bonds. The third-order valence-electron chi connectivity index (χ3n) is 4.34. The number of nitrogens with zero attached hydrogens (tertiary/aromatic N) is 2. The molecule has 6 heteroatoms. The quantitative estimate of drug-likeness (QED) is 0.834. The van der Waals surface area contributed by atoms with E-state index in [1.807, 2.05) is 4.90 Å². The van der Waals surface area contributed by atoms with Crippen molar-refractivity contribution in [3.63, 3.8) is 0 Å². The Morgan fingerprint density at radius 1 is 1.26 bits per heavy atom. The van der Waals surface area contributed by atoms with E-state index in [0.29, 0.717) is 16.5 Å². The van der Waals surface area contributed by atoms with E-state index < -0.39 is 5.60 Å². The number of carbonyl (C=O) groups excluding carboxylic acids is 2. The lowest BCUT2D eigenvalue weighted by Crippen LogP contribution is -2.55. The third-order valence-corrected chi connectivity index (χ3v) is 4.57. The summed E-state index contributed by atoms with van der Waals surface area (Å²) in [6.07, 6.45) is 3.21. The number of piperidine rings is 1. The Morgan fingerprint density at radius 3 is 2.65 bits per heavy atom. The first-order valence-corrected chi connectivity index (χ1v) is 8.34. The van der Waals surface area contributed by atoms with Gasteiger partial charge in [-0.25, -0.2) is 0 Å². The Balaban J connectivity index is 1.88. The van der Waals surface area contributed by atoms with Crippen molar-refractivity contribution in [2.75, 3.05) is 24.5 Å². The van der Waals surface area contributed by atoms with Gasteiger partial charge in [0, 0.05) is 18.1 Å². The molecule has 0 unspecified atom stereocenters. The van der Waals surface area contributed by atoms with Crippen LogP contribution in [0.25, 0.3) is 0 Å². The van der Waals surface area contributed by atoms with E-state index in [0.717, 1.165) is 32.4 Å². The van der Waals surface area contributed by atoms with Crippen molar-refractivity contribution < 1.29 is 14.3 Å². The van der Waals surface area contributed by atoms with Crippen molar-refractivity contribution >= 4 is 29.1 Å². The van der Waals surface area contributed by atoms with Crippen LogP contribution in [0.1, 0.15) is 33.1 Å². The van der Waals surface area contributed by atoms with Crippen molar-refractivity contribution in [3.8, 4) is 5.75 Å². The van der Waals surface area contributed by atoms with Gasteiger partial charge in [0.15, 0.2) is 5.60 Å². The zero-order chi connectivity index (χ0) is 16.6. The number of benzene rings is 1. The zero-order valence-corrected chi connectivity index (χ0v) is 14.2. The average molecular weight is 337 g/mol. The molecule has 0 atom stereocenters. The van der Waals surface area contributed by atoms with Gasteiger partial charge in [0.2, 0.25) is 5.91 Å². The first kappa shape index (κ1) is 16.1. The molecule has 2 aliphatic heterocycles. The number of likely N-dealkylation sites (tertiary alicyclic amines) is 1. The van der Waals surface area contributed by atoms with E-state index in [-0.39, 0.29) is 18.4 Å². The van der Waals surface area contributed by atoms with Crippen molar-refractivity contribution in [2.45, 2.75) is 38.7 Å². The molecule has 23 heavy (non-hydrogen) atoms. The molecule has 2 aliphatic rings. The summed E-state index contributed by atoms with van der Waals surface area (Å²) < 4.78 is 5.77. The fourth-order valence-corrected chi connectivity index (χ4v) is 3.24. The lowest BCUT2D eigenvalue weighted by molar-refractivity contribution is -0.137. The SMILES string of the molecule is CC1(C)Oc2ccc(Cl)cc2N(CC(=O)N2CCCCC2)C1=O. The van der Waals surface area contributed by atoms with Crippen LogP contribution in [-0.4, -0.2) is 41.9 Å². The van der Waals surface area contributed by atoms with Gasteiger partial charge in [0.25, 0.3) is 5.91 Å². The van der Waals surface area contributed by atoms with Gasteiger partial charge in [0.05, 0.1) is 5.69 Å². The molecule has 5 nitrogen and oxygen atoms in total. The minimum absolute atomic E-state index is 0.0262. The van der Waals surface area contributed by atoms with Crippen LogP contribution in [0.4, 0.5) is 5.69 Å². The first-order chi connectivity index (χ1) is 10.9. The highest BCUT2D eigenvalue weighted by Crippen LogP contribution is 2.39. The Hall–Kier alpha value is -1.75. The molecule has 0 N–H and O–H groups in total. The van der Waals surface area contributed by atoms with E-state index in [9.17, 15) is 9.59 Å². The number of amides is 2. The first-order valence-electron chi connectivity index (χ1n) is 7.97. The van der Waals surface area contributed by atoms with Gasteiger partial charge in [-0.1, -0.05) is 11.6 Å². The fraction of sp³-hybridized carbons (Fsp3) is 0.529. The van der Waals surface area contributed by atoms with Crippen LogP contribution in [0.2, 0.25) is 5.02 Å². The number of ether oxygens (including phenoxy) is 1. The Morgan fingerprint density at radius 2 is 1.96 bits per heavy atom. The highest BCUT2D eigenvalue weighted by Gasteiger charge is 2.42. The van der Waals surface area contributed by atoms with Crippen molar-refractivity contribution in [1.29, 1.82) is 0 Å². The molecule has 3 rings (SSSR count). The number of halogens is 1. The molecular weight excluding hydrogens is 316 g/mol. The summed E-state index contributed by atoms with van der Waals surface area (Å²) >= 11 is 6.06. The number of rotatable bonds is 2. The largest absolute Gasteiger partial charge is 0.476 e. The summed E-state index contributed by atoms with van der Waals surface area (Å²) in [5.74, 6) is 0.324. The standard InChI is InChI=1S/C17H21ClN2O3/c1-17(2)16(22)20(11-15(21)19-8-4-3-5-9-19)13-10-12(18)6-7-14(13)23-17/h6-7,10H,3-5,8-9,11H2,1-2H3. The minimum atomic E-state index is -0.997. The highest BCUT2D eigenvalue weighted by molar-refractivity contribution is 6.31. The molecule has 0 saturated carbocycles. The maximum absolute atomic E-state index is 12.7. The molecular formula is C17H21ClN2O3. The van der Waals surface area contributed by atoms with Crippen LogP contribution in [0.3, 0.4) is 0 Å². The second-order valence-electron chi connectivity index (χ2n) is 6.56. The maximum atomic E-state index is 12.7. The molecule has 1 saturated heterocycles. The topological polar surface area (TPSA) is 49.9 Å². The Kier molecular flexibility index (Phi) is 4.23. The Labute approximate surface area is 141 Å². The Bertz CT molecular complexity index is 639. The van der Waals surface area contributed by atoms with Crippen molar-refractivity contribution in [3.05, 3.63) is 23.2 Å².